The summed E-state index contributed by atoms with van der Waals surface area (Å²) in [6.07, 6.45) is 3.77. The van der Waals surface area contributed by atoms with Gasteiger partial charge in [-0.25, -0.2) is 9.37 Å². The number of rotatable bonds is 1. The van der Waals surface area contributed by atoms with Crippen LogP contribution in [0.3, 0.4) is 0 Å². The van der Waals surface area contributed by atoms with Crippen LogP contribution in [0.4, 0.5) is 4.39 Å². The Kier molecular flexibility index (Phi) is 2.28. The summed E-state index contributed by atoms with van der Waals surface area (Å²) in [4.78, 5) is 4.72. The zero-order valence-corrected chi connectivity index (χ0v) is 11.0. The molecule has 4 unspecified atom stereocenters. The van der Waals surface area contributed by atoms with E-state index in [1.165, 1.54) is 25.3 Å². The summed E-state index contributed by atoms with van der Waals surface area (Å²) < 4.78 is 15.4. The molecule has 2 aliphatic carbocycles. The maximum atomic E-state index is 13.4. The first-order chi connectivity index (χ1) is 9.15. The van der Waals surface area contributed by atoms with E-state index in [-0.39, 0.29) is 11.9 Å². The molecular weight excluding hydrogens is 241 g/mol. The Morgan fingerprint density at radius 2 is 2.11 bits per heavy atom. The number of fused-ring (bicyclic) bond motifs is 3. The monoisotopic (exact) mass is 259 g/mol. The molecule has 3 nitrogen and oxygen atoms in total. The minimum atomic E-state index is -0.209. The number of nitrogens with zero attached hydrogens (tertiary/aromatic N) is 2. The fourth-order valence-electron chi connectivity index (χ4n) is 4.20. The first-order valence-corrected chi connectivity index (χ1v) is 7.02. The Balaban J connectivity index is 1.85. The van der Waals surface area contributed by atoms with Gasteiger partial charge in [-0.15, -0.1) is 0 Å². The quantitative estimate of drug-likeness (QED) is 0.855. The van der Waals surface area contributed by atoms with E-state index in [0.717, 1.165) is 16.9 Å². The Hall–Kier alpha value is -1.42. The molecule has 100 valence electrons. The number of hydrogen-bond donors (Lipinski definition) is 1. The summed E-state index contributed by atoms with van der Waals surface area (Å²) in [6.45, 7) is 0. The number of imidazole rings is 1. The molecule has 0 radical (unpaired) electrons. The van der Waals surface area contributed by atoms with Crippen molar-refractivity contribution in [3.8, 4) is 0 Å². The highest BCUT2D eigenvalue weighted by atomic mass is 19.1. The normalized spacial score (nSPS) is 33.4. The van der Waals surface area contributed by atoms with Crippen molar-refractivity contribution < 1.29 is 4.39 Å². The highest BCUT2D eigenvalue weighted by Gasteiger charge is 2.48. The van der Waals surface area contributed by atoms with Crippen LogP contribution in [0.15, 0.2) is 18.2 Å². The van der Waals surface area contributed by atoms with Gasteiger partial charge in [-0.3, -0.25) is 0 Å². The molecule has 4 atom stereocenters. The molecule has 0 spiro atoms. The van der Waals surface area contributed by atoms with Gasteiger partial charge < -0.3 is 10.3 Å². The fraction of sp³-hybridized carbons (Fsp3) is 0.533. The van der Waals surface area contributed by atoms with E-state index in [2.05, 4.69) is 0 Å². The van der Waals surface area contributed by atoms with E-state index in [4.69, 9.17) is 10.7 Å². The number of benzene rings is 1. The molecule has 4 rings (SSSR count). The van der Waals surface area contributed by atoms with Crippen molar-refractivity contribution in [3.05, 3.63) is 29.8 Å². The Morgan fingerprint density at radius 1 is 1.32 bits per heavy atom. The predicted molar refractivity (Wildman–Crippen MR) is 72.2 cm³/mol. The highest BCUT2D eigenvalue weighted by Crippen LogP contribution is 2.52. The fourth-order valence-corrected chi connectivity index (χ4v) is 4.20. The molecule has 1 aromatic carbocycles. The van der Waals surface area contributed by atoms with Crippen LogP contribution in [0.2, 0.25) is 0 Å². The summed E-state index contributed by atoms with van der Waals surface area (Å²) in [6, 6.07) is 5.01. The maximum absolute atomic E-state index is 13.4. The SMILES string of the molecule is Cn1c(C2C3CCC(C3)C2N)nc2ccc(F)cc21. The van der Waals surface area contributed by atoms with E-state index in [1.807, 2.05) is 11.6 Å². The van der Waals surface area contributed by atoms with Gasteiger partial charge in [0.15, 0.2) is 0 Å². The van der Waals surface area contributed by atoms with Gasteiger partial charge in [0.05, 0.1) is 11.0 Å². The lowest BCUT2D eigenvalue weighted by molar-refractivity contribution is 0.350. The Labute approximate surface area is 111 Å². The van der Waals surface area contributed by atoms with Crippen LogP contribution in [0.5, 0.6) is 0 Å². The van der Waals surface area contributed by atoms with Crippen LogP contribution in [0.1, 0.15) is 31.0 Å². The third-order valence-corrected chi connectivity index (χ3v) is 5.16. The molecule has 1 aromatic heterocycles. The lowest BCUT2D eigenvalue weighted by atomic mass is 9.84. The number of aryl methyl sites for hydroxylation is 1. The van der Waals surface area contributed by atoms with Crippen LogP contribution < -0.4 is 5.73 Å². The first-order valence-electron chi connectivity index (χ1n) is 7.02. The summed E-state index contributed by atoms with van der Waals surface area (Å²) in [5.41, 5.74) is 8.12. The molecule has 1 heterocycles. The van der Waals surface area contributed by atoms with Gasteiger partial charge in [0.2, 0.25) is 0 Å². The van der Waals surface area contributed by atoms with E-state index in [0.29, 0.717) is 17.8 Å². The average Bonchev–Trinajstić information content (AvgIpc) is 3.05. The lowest BCUT2D eigenvalue weighted by Gasteiger charge is -2.27. The van der Waals surface area contributed by atoms with E-state index in [9.17, 15) is 4.39 Å². The molecule has 2 bridgehead atoms. The van der Waals surface area contributed by atoms with Crippen molar-refractivity contribution in [3.63, 3.8) is 0 Å². The minimum Gasteiger partial charge on any atom is -0.331 e. The van der Waals surface area contributed by atoms with Gasteiger partial charge in [0.25, 0.3) is 0 Å². The topological polar surface area (TPSA) is 43.8 Å². The molecule has 0 aliphatic heterocycles. The Morgan fingerprint density at radius 3 is 2.84 bits per heavy atom. The first kappa shape index (κ1) is 11.4. The largest absolute Gasteiger partial charge is 0.331 e. The predicted octanol–water partition coefficient (Wildman–Crippen LogP) is 2.55. The maximum Gasteiger partial charge on any atom is 0.125 e. The van der Waals surface area contributed by atoms with Gasteiger partial charge >= 0.3 is 0 Å². The number of halogens is 1. The third kappa shape index (κ3) is 1.49. The van der Waals surface area contributed by atoms with Crippen LogP contribution in [-0.4, -0.2) is 15.6 Å². The third-order valence-electron chi connectivity index (χ3n) is 5.16. The molecule has 2 saturated carbocycles. The van der Waals surface area contributed by atoms with Crippen LogP contribution >= 0.6 is 0 Å². The van der Waals surface area contributed by atoms with E-state index in [1.54, 1.807) is 12.1 Å². The van der Waals surface area contributed by atoms with Crippen LogP contribution in [0.25, 0.3) is 11.0 Å². The summed E-state index contributed by atoms with van der Waals surface area (Å²) in [5.74, 6) is 2.51. The van der Waals surface area contributed by atoms with Gasteiger partial charge in [-0.05, 0) is 49.3 Å². The van der Waals surface area contributed by atoms with Crippen molar-refractivity contribution in [2.45, 2.75) is 31.2 Å². The molecule has 2 aliphatic rings. The van der Waals surface area contributed by atoms with Gasteiger partial charge in [-0.2, -0.15) is 0 Å². The van der Waals surface area contributed by atoms with E-state index >= 15 is 0 Å². The number of hydrogen-bond acceptors (Lipinski definition) is 2. The van der Waals surface area contributed by atoms with Crippen molar-refractivity contribution in [1.29, 1.82) is 0 Å². The molecule has 2 N–H and O–H groups in total. The van der Waals surface area contributed by atoms with Crippen LogP contribution in [0, 0.1) is 17.7 Å². The molecule has 4 heteroatoms. The summed E-state index contributed by atoms with van der Waals surface area (Å²) >= 11 is 0. The van der Waals surface area contributed by atoms with Crippen molar-refractivity contribution in [1.82, 2.24) is 9.55 Å². The van der Waals surface area contributed by atoms with Gasteiger partial charge in [-0.1, -0.05) is 0 Å². The molecular formula is C15H18FN3. The lowest BCUT2D eigenvalue weighted by Crippen LogP contribution is -2.35. The number of aromatic nitrogens is 2. The highest BCUT2D eigenvalue weighted by molar-refractivity contribution is 5.76. The zero-order chi connectivity index (χ0) is 13.1. The average molecular weight is 259 g/mol. The smallest absolute Gasteiger partial charge is 0.125 e. The Bertz CT molecular complexity index is 646. The second-order valence-corrected chi connectivity index (χ2v) is 6.10. The molecule has 0 saturated heterocycles. The van der Waals surface area contributed by atoms with E-state index < -0.39 is 0 Å². The molecule has 0 amide bonds. The minimum absolute atomic E-state index is 0.209. The van der Waals surface area contributed by atoms with Crippen molar-refractivity contribution in [2.75, 3.05) is 0 Å². The van der Waals surface area contributed by atoms with Crippen LogP contribution in [-0.2, 0) is 7.05 Å². The molecule has 19 heavy (non-hydrogen) atoms. The summed E-state index contributed by atoms with van der Waals surface area (Å²) in [5, 5.41) is 0. The second kappa shape index (κ2) is 3.79. The summed E-state index contributed by atoms with van der Waals surface area (Å²) in [7, 11) is 1.98. The van der Waals surface area contributed by atoms with Crippen molar-refractivity contribution in [2.24, 2.45) is 24.6 Å². The van der Waals surface area contributed by atoms with Crippen molar-refractivity contribution >= 4 is 11.0 Å². The van der Waals surface area contributed by atoms with Gasteiger partial charge in [0, 0.05) is 19.0 Å². The zero-order valence-electron chi connectivity index (χ0n) is 11.0. The molecule has 2 aromatic rings. The standard InChI is InChI=1S/C15H18FN3/c1-19-12-7-10(16)4-5-11(12)18-15(19)13-8-2-3-9(6-8)14(13)17/h4-5,7-9,13-14H,2-3,6,17H2,1H3. The van der Waals surface area contributed by atoms with Gasteiger partial charge in [0.1, 0.15) is 11.6 Å². The molecule has 2 fully saturated rings. The number of nitrogens with two attached hydrogens (primary N) is 1. The second-order valence-electron chi connectivity index (χ2n) is 6.10.